The molecule has 1 saturated carbocycles. The molecule has 146 valence electrons. The van der Waals surface area contributed by atoms with E-state index in [0.29, 0.717) is 18.8 Å². The highest BCUT2D eigenvalue weighted by Crippen LogP contribution is 2.35. The highest BCUT2D eigenvalue weighted by Gasteiger charge is 2.46. The molecule has 1 aliphatic carbocycles. The van der Waals surface area contributed by atoms with Crippen molar-refractivity contribution in [3.63, 3.8) is 0 Å². The minimum absolute atomic E-state index is 0.362. The van der Waals surface area contributed by atoms with Gasteiger partial charge in [0.25, 0.3) is 0 Å². The molecule has 0 radical (unpaired) electrons. The molecule has 1 aliphatic heterocycles. The van der Waals surface area contributed by atoms with Gasteiger partial charge in [0, 0.05) is 26.3 Å². The Balaban J connectivity index is 1.82. The number of piperidine rings is 1. The molecule has 0 aromatic rings. The first-order valence-corrected chi connectivity index (χ1v) is 11.3. The lowest BCUT2D eigenvalue weighted by Crippen LogP contribution is -2.53. The first-order chi connectivity index (χ1) is 12.1. The number of unbranched alkanes of at least 4 members (excludes halogenated alkanes) is 1. The summed E-state index contributed by atoms with van der Waals surface area (Å²) in [6, 6.07) is 0. The van der Waals surface area contributed by atoms with Gasteiger partial charge in [0.15, 0.2) is 0 Å². The summed E-state index contributed by atoms with van der Waals surface area (Å²) in [4.78, 5) is 12.2. The van der Waals surface area contributed by atoms with Crippen LogP contribution in [-0.2, 0) is 20.5 Å². The standard InChI is InChI=1S/C19H36N2O3S/c1-2-3-15-24-16-10-17-8-13-21(14-9-17)25(23)19(18(20)22)11-6-4-5-7-12-19/h17H,2-16H2,1H3,(H2,20,22). The van der Waals surface area contributed by atoms with Crippen LogP contribution in [0.3, 0.4) is 0 Å². The van der Waals surface area contributed by atoms with Crippen molar-refractivity contribution in [2.75, 3.05) is 26.3 Å². The summed E-state index contributed by atoms with van der Waals surface area (Å²) < 4.78 is 20.1. The van der Waals surface area contributed by atoms with E-state index in [2.05, 4.69) is 6.92 Å². The molecule has 2 fully saturated rings. The molecule has 2 aliphatic rings. The van der Waals surface area contributed by atoms with Crippen molar-refractivity contribution >= 4 is 16.9 Å². The second-order valence-electron chi connectivity index (χ2n) is 7.65. The Bertz CT molecular complexity index is 428. The predicted molar refractivity (Wildman–Crippen MR) is 102 cm³/mol. The molecule has 1 unspecified atom stereocenters. The Morgan fingerprint density at radius 2 is 1.80 bits per heavy atom. The number of ether oxygens (including phenoxy) is 1. The normalized spacial score (nSPS) is 23.9. The Kier molecular flexibility index (Phi) is 8.87. The zero-order valence-electron chi connectivity index (χ0n) is 15.8. The van der Waals surface area contributed by atoms with Gasteiger partial charge in [-0.1, -0.05) is 39.0 Å². The smallest absolute Gasteiger partial charge is 0.237 e. The number of carbonyl (C=O) groups is 1. The van der Waals surface area contributed by atoms with Crippen LogP contribution in [0.5, 0.6) is 0 Å². The van der Waals surface area contributed by atoms with Crippen LogP contribution < -0.4 is 5.73 Å². The summed E-state index contributed by atoms with van der Waals surface area (Å²) >= 11 is 0. The fourth-order valence-electron chi connectivity index (χ4n) is 4.02. The van der Waals surface area contributed by atoms with Crippen LogP contribution in [0.4, 0.5) is 0 Å². The van der Waals surface area contributed by atoms with Crippen molar-refractivity contribution in [2.45, 2.75) is 82.3 Å². The summed E-state index contributed by atoms with van der Waals surface area (Å²) in [7, 11) is -1.29. The van der Waals surface area contributed by atoms with Gasteiger partial charge in [-0.25, -0.2) is 8.51 Å². The SMILES string of the molecule is CCCCOCCC1CCN(S(=O)C2(C(N)=O)CCCCCC2)CC1. The Hall–Kier alpha value is -0.460. The lowest BCUT2D eigenvalue weighted by atomic mass is 9.95. The molecule has 1 atom stereocenters. The maximum Gasteiger partial charge on any atom is 0.237 e. The fourth-order valence-corrected chi connectivity index (χ4v) is 5.86. The average Bonchev–Trinajstić information content (AvgIpc) is 2.88. The van der Waals surface area contributed by atoms with Crippen molar-refractivity contribution in [3.05, 3.63) is 0 Å². The van der Waals surface area contributed by atoms with E-state index < -0.39 is 15.7 Å². The second kappa shape index (κ2) is 10.6. The van der Waals surface area contributed by atoms with Gasteiger partial charge >= 0.3 is 0 Å². The minimum Gasteiger partial charge on any atom is -0.381 e. The maximum absolute atomic E-state index is 13.2. The minimum atomic E-state index is -1.29. The van der Waals surface area contributed by atoms with Crippen LogP contribution in [0.15, 0.2) is 0 Å². The van der Waals surface area contributed by atoms with Crippen LogP contribution in [0.25, 0.3) is 0 Å². The van der Waals surface area contributed by atoms with Crippen molar-refractivity contribution < 1.29 is 13.7 Å². The van der Waals surface area contributed by atoms with Crippen molar-refractivity contribution in [1.29, 1.82) is 0 Å². The van der Waals surface area contributed by atoms with E-state index in [4.69, 9.17) is 10.5 Å². The molecule has 0 bridgehead atoms. The van der Waals surface area contributed by atoms with Crippen molar-refractivity contribution in [1.82, 2.24) is 4.31 Å². The molecule has 25 heavy (non-hydrogen) atoms. The summed E-state index contributed by atoms with van der Waals surface area (Å²) in [6.45, 7) is 5.48. The van der Waals surface area contributed by atoms with E-state index in [0.717, 1.165) is 77.7 Å². The van der Waals surface area contributed by atoms with Crippen LogP contribution >= 0.6 is 0 Å². The molecule has 0 aromatic heterocycles. The van der Waals surface area contributed by atoms with Gasteiger partial charge in [0.2, 0.25) is 5.91 Å². The number of primary amides is 1. The Morgan fingerprint density at radius 3 is 2.36 bits per heavy atom. The van der Waals surface area contributed by atoms with E-state index in [-0.39, 0.29) is 5.91 Å². The van der Waals surface area contributed by atoms with Crippen LogP contribution in [0.1, 0.15) is 77.6 Å². The summed E-state index contributed by atoms with van der Waals surface area (Å²) in [5.41, 5.74) is 5.74. The topological polar surface area (TPSA) is 72.6 Å². The van der Waals surface area contributed by atoms with Crippen molar-refractivity contribution in [3.8, 4) is 0 Å². The zero-order chi connectivity index (χ0) is 18.1. The van der Waals surface area contributed by atoms with E-state index in [9.17, 15) is 9.00 Å². The highest BCUT2D eigenvalue weighted by molar-refractivity contribution is 7.85. The molecule has 2 N–H and O–H groups in total. The molecular formula is C19H36N2O3S. The van der Waals surface area contributed by atoms with Gasteiger partial charge in [-0.05, 0) is 44.4 Å². The Morgan fingerprint density at radius 1 is 1.16 bits per heavy atom. The third-order valence-electron chi connectivity index (χ3n) is 5.82. The summed E-state index contributed by atoms with van der Waals surface area (Å²) in [5.74, 6) is 0.285. The molecule has 0 aromatic carbocycles. The van der Waals surface area contributed by atoms with Crippen LogP contribution in [0.2, 0.25) is 0 Å². The number of nitrogens with zero attached hydrogens (tertiary/aromatic N) is 1. The third-order valence-corrected chi connectivity index (χ3v) is 7.93. The average molecular weight is 373 g/mol. The van der Waals surface area contributed by atoms with Gasteiger partial charge in [-0.2, -0.15) is 0 Å². The van der Waals surface area contributed by atoms with E-state index in [1.165, 1.54) is 6.42 Å². The van der Waals surface area contributed by atoms with E-state index >= 15 is 0 Å². The van der Waals surface area contributed by atoms with Gasteiger partial charge in [-0.3, -0.25) is 4.79 Å². The molecule has 1 amide bonds. The van der Waals surface area contributed by atoms with Gasteiger partial charge < -0.3 is 10.5 Å². The first kappa shape index (κ1) is 20.8. The van der Waals surface area contributed by atoms with E-state index in [1.807, 2.05) is 4.31 Å². The number of amides is 1. The molecular weight excluding hydrogens is 336 g/mol. The monoisotopic (exact) mass is 372 g/mol. The third kappa shape index (κ3) is 5.76. The predicted octanol–water partition coefficient (Wildman–Crippen LogP) is 3.15. The van der Waals surface area contributed by atoms with Crippen molar-refractivity contribution in [2.24, 2.45) is 11.7 Å². The second-order valence-corrected chi connectivity index (χ2v) is 9.45. The lowest BCUT2D eigenvalue weighted by molar-refractivity contribution is -0.120. The quantitative estimate of drug-likeness (QED) is 0.499. The van der Waals surface area contributed by atoms with Crippen LogP contribution in [-0.4, -0.2) is 45.5 Å². The number of hydrogen-bond acceptors (Lipinski definition) is 3. The summed E-state index contributed by atoms with van der Waals surface area (Å²) in [6.07, 6.45) is 11.0. The first-order valence-electron chi connectivity index (χ1n) is 10.1. The lowest BCUT2D eigenvalue weighted by Gasteiger charge is -2.37. The maximum atomic E-state index is 13.2. The molecule has 6 heteroatoms. The van der Waals surface area contributed by atoms with Gasteiger partial charge in [0.05, 0.1) is 0 Å². The summed E-state index contributed by atoms with van der Waals surface area (Å²) in [5, 5.41) is 0. The van der Waals surface area contributed by atoms with Crippen LogP contribution in [0, 0.1) is 5.92 Å². The van der Waals surface area contributed by atoms with E-state index in [1.54, 1.807) is 0 Å². The molecule has 5 nitrogen and oxygen atoms in total. The number of hydrogen-bond donors (Lipinski definition) is 1. The van der Waals surface area contributed by atoms with Gasteiger partial charge in [0.1, 0.15) is 15.7 Å². The Labute approximate surface area is 155 Å². The zero-order valence-corrected chi connectivity index (χ0v) is 16.7. The number of rotatable bonds is 9. The number of nitrogens with two attached hydrogens (primary N) is 1. The molecule has 2 rings (SSSR count). The van der Waals surface area contributed by atoms with Gasteiger partial charge in [-0.15, -0.1) is 0 Å². The highest BCUT2D eigenvalue weighted by atomic mass is 32.2. The molecule has 1 saturated heterocycles. The fraction of sp³-hybridized carbons (Fsp3) is 0.947. The largest absolute Gasteiger partial charge is 0.381 e. The molecule has 0 spiro atoms. The molecule has 1 heterocycles. The number of carbonyl (C=O) groups excluding carboxylic acids is 1.